The van der Waals surface area contributed by atoms with E-state index in [0.29, 0.717) is 17.2 Å². The van der Waals surface area contributed by atoms with E-state index in [9.17, 15) is 13.2 Å². The molecule has 11 heteroatoms. The normalized spacial score (nSPS) is 17.6. The molecular weight excluding hydrogens is 486 g/mol. The molecule has 3 aromatic heterocycles. The maximum absolute atomic E-state index is 15.0. The molecule has 0 radical (unpaired) electrons. The number of anilines is 2. The summed E-state index contributed by atoms with van der Waals surface area (Å²) in [5.74, 6) is -3.09. The van der Waals surface area contributed by atoms with Gasteiger partial charge in [0.15, 0.2) is 11.6 Å². The zero-order valence-electron chi connectivity index (χ0n) is 20.4. The van der Waals surface area contributed by atoms with Gasteiger partial charge in [0.25, 0.3) is 5.92 Å². The zero-order chi connectivity index (χ0) is 25.9. The summed E-state index contributed by atoms with van der Waals surface area (Å²) in [6.45, 7) is 6.53. The number of likely N-dealkylation sites (N-methyl/N-ethyl adjacent to an activating group) is 1. The molecule has 192 valence electrons. The van der Waals surface area contributed by atoms with Gasteiger partial charge in [0.1, 0.15) is 22.9 Å². The molecule has 0 amide bonds. The van der Waals surface area contributed by atoms with Gasteiger partial charge in [-0.05, 0) is 37.2 Å². The summed E-state index contributed by atoms with van der Waals surface area (Å²) in [5, 5.41) is 3.02. The molecule has 1 N–H and O–H groups in total. The van der Waals surface area contributed by atoms with E-state index in [4.69, 9.17) is 0 Å². The van der Waals surface area contributed by atoms with Crippen LogP contribution < -0.4 is 5.32 Å². The number of imidazole rings is 1. The van der Waals surface area contributed by atoms with Gasteiger partial charge in [-0.25, -0.2) is 37.5 Å². The largest absolute Gasteiger partial charge is 0.325 e. The summed E-state index contributed by atoms with van der Waals surface area (Å²) in [6.07, 6.45) is 1.16. The summed E-state index contributed by atoms with van der Waals surface area (Å²) in [7, 11) is 0. The number of nitrogens with one attached hydrogen (secondary N) is 1. The molecule has 1 aliphatic carbocycles. The van der Waals surface area contributed by atoms with Crippen molar-refractivity contribution in [1.29, 1.82) is 0 Å². The van der Waals surface area contributed by atoms with E-state index in [1.807, 2.05) is 12.1 Å². The molecule has 4 aromatic rings. The molecule has 1 fully saturated rings. The first-order valence-corrected chi connectivity index (χ1v) is 12.3. The maximum Gasteiger partial charge on any atom is 0.252 e. The fourth-order valence-electron chi connectivity index (χ4n) is 5.24. The fraction of sp³-hybridized carbons (Fsp3) is 0.385. The number of fused-ring (bicyclic) bond motifs is 2. The molecule has 0 saturated heterocycles. The molecule has 2 aliphatic rings. The molecule has 1 aromatic carbocycles. The van der Waals surface area contributed by atoms with Gasteiger partial charge in [-0.3, -0.25) is 4.90 Å². The molecule has 1 saturated carbocycles. The third-order valence-electron chi connectivity index (χ3n) is 7.19. The van der Waals surface area contributed by atoms with Gasteiger partial charge in [-0.15, -0.1) is 0 Å². The van der Waals surface area contributed by atoms with E-state index < -0.39 is 23.6 Å². The Balaban J connectivity index is 1.33. The molecule has 1 aliphatic heterocycles. The van der Waals surface area contributed by atoms with Crippen LogP contribution in [0.1, 0.15) is 42.9 Å². The Bertz CT molecular complexity index is 1510. The summed E-state index contributed by atoms with van der Waals surface area (Å²) in [4.78, 5) is 19.6. The van der Waals surface area contributed by atoms with Crippen molar-refractivity contribution in [3.05, 3.63) is 59.2 Å². The predicted molar refractivity (Wildman–Crippen MR) is 131 cm³/mol. The number of aromatic nitrogens is 5. The molecular formula is C26H25F4N7. The molecule has 4 heterocycles. The second-order valence-corrected chi connectivity index (χ2v) is 9.71. The summed E-state index contributed by atoms with van der Waals surface area (Å²) < 4.78 is 58.6. The van der Waals surface area contributed by atoms with Crippen LogP contribution in [0.2, 0.25) is 0 Å². The van der Waals surface area contributed by atoms with Gasteiger partial charge in [-0.2, -0.15) is 0 Å². The SMILES string of the molecule is CCN1CCc2nc(Nc3ncc(F)c(-c4cc(F)c5nc(C)n(C6CC(F)(F)C6)c5c4)n3)ccc2C1. The Morgan fingerprint density at radius 1 is 1.08 bits per heavy atom. The molecule has 0 unspecified atom stereocenters. The monoisotopic (exact) mass is 511 g/mol. The highest BCUT2D eigenvalue weighted by molar-refractivity contribution is 5.83. The van der Waals surface area contributed by atoms with Crippen molar-refractivity contribution in [2.24, 2.45) is 0 Å². The van der Waals surface area contributed by atoms with E-state index in [-0.39, 0.29) is 35.6 Å². The smallest absolute Gasteiger partial charge is 0.252 e. The second kappa shape index (κ2) is 8.76. The topological polar surface area (TPSA) is 71.8 Å². The number of rotatable bonds is 5. The summed E-state index contributed by atoms with van der Waals surface area (Å²) >= 11 is 0. The number of alkyl halides is 2. The third-order valence-corrected chi connectivity index (χ3v) is 7.19. The van der Waals surface area contributed by atoms with Crippen LogP contribution in [0.3, 0.4) is 0 Å². The Morgan fingerprint density at radius 2 is 1.89 bits per heavy atom. The van der Waals surface area contributed by atoms with Crippen LogP contribution in [-0.2, 0) is 13.0 Å². The molecule has 0 spiro atoms. The van der Waals surface area contributed by atoms with E-state index in [2.05, 4.69) is 37.1 Å². The Kier molecular flexibility index (Phi) is 5.63. The number of nitrogens with zero attached hydrogens (tertiary/aromatic N) is 6. The van der Waals surface area contributed by atoms with Gasteiger partial charge in [0, 0.05) is 49.7 Å². The highest BCUT2D eigenvalue weighted by Crippen LogP contribution is 2.47. The number of hydrogen-bond donors (Lipinski definition) is 1. The van der Waals surface area contributed by atoms with Crippen LogP contribution in [0.5, 0.6) is 0 Å². The van der Waals surface area contributed by atoms with Gasteiger partial charge in [-0.1, -0.05) is 13.0 Å². The molecule has 6 rings (SSSR count). The lowest BCUT2D eigenvalue weighted by Gasteiger charge is -2.36. The number of halogens is 4. The number of benzene rings is 1. The van der Waals surface area contributed by atoms with Crippen molar-refractivity contribution < 1.29 is 17.6 Å². The minimum atomic E-state index is -2.75. The lowest BCUT2D eigenvalue weighted by atomic mass is 9.87. The standard InChI is InChI=1S/C26H25F4N7/c1-3-36-7-6-20-15(13-36)4-5-22(33-20)34-25-31-12-19(28)23(35-25)16-8-18(27)24-21(9-16)37(14(2)32-24)17-10-26(29,30)11-17/h4-5,8-9,12,17H,3,6-7,10-11,13H2,1-2H3,(H,31,33,34,35). The van der Waals surface area contributed by atoms with Crippen LogP contribution in [0.25, 0.3) is 22.3 Å². The van der Waals surface area contributed by atoms with Gasteiger partial charge < -0.3 is 9.88 Å². The predicted octanol–water partition coefficient (Wildman–Crippen LogP) is 5.57. The van der Waals surface area contributed by atoms with Crippen LogP contribution in [-0.4, -0.2) is 48.4 Å². The van der Waals surface area contributed by atoms with E-state index >= 15 is 4.39 Å². The highest BCUT2D eigenvalue weighted by Gasteiger charge is 2.47. The van der Waals surface area contributed by atoms with Gasteiger partial charge in [0.2, 0.25) is 5.95 Å². The summed E-state index contributed by atoms with van der Waals surface area (Å²) in [6, 6.07) is 6.03. The van der Waals surface area contributed by atoms with E-state index in [1.54, 1.807) is 17.6 Å². The average molecular weight is 512 g/mol. The van der Waals surface area contributed by atoms with Crippen LogP contribution in [0, 0.1) is 18.6 Å². The Morgan fingerprint density at radius 3 is 2.65 bits per heavy atom. The molecule has 0 bridgehead atoms. The van der Waals surface area contributed by atoms with Crippen LogP contribution >= 0.6 is 0 Å². The molecule has 7 nitrogen and oxygen atoms in total. The van der Waals surface area contributed by atoms with E-state index in [1.165, 1.54) is 5.56 Å². The first kappa shape index (κ1) is 23.8. The number of aryl methyl sites for hydroxylation is 1. The second-order valence-electron chi connectivity index (χ2n) is 9.71. The van der Waals surface area contributed by atoms with Crippen molar-refractivity contribution in [1.82, 2.24) is 29.4 Å². The minimum Gasteiger partial charge on any atom is -0.325 e. The van der Waals surface area contributed by atoms with Crippen LogP contribution in [0.15, 0.2) is 30.5 Å². The lowest BCUT2D eigenvalue weighted by molar-refractivity contribution is -0.103. The van der Waals surface area contributed by atoms with Crippen molar-refractivity contribution in [2.45, 2.75) is 51.6 Å². The maximum atomic E-state index is 15.0. The van der Waals surface area contributed by atoms with Gasteiger partial charge in [0.05, 0.1) is 11.7 Å². The number of pyridine rings is 1. The van der Waals surface area contributed by atoms with Crippen molar-refractivity contribution in [3.63, 3.8) is 0 Å². The lowest BCUT2D eigenvalue weighted by Crippen LogP contribution is -2.37. The fourth-order valence-corrected chi connectivity index (χ4v) is 5.24. The van der Waals surface area contributed by atoms with Crippen molar-refractivity contribution in [3.8, 4) is 11.3 Å². The van der Waals surface area contributed by atoms with Gasteiger partial charge >= 0.3 is 0 Å². The quantitative estimate of drug-likeness (QED) is 0.354. The van der Waals surface area contributed by atoms with Crippen molar-refractivity contribution in [2.75, 3.05) is 18.4 Å². The third kappa shape index (κ3) is 4.30. The highest BCUT2D eigenvalue weighted by atomic mass is 19.3. The summed E-state index contributed by atoms with van der Waals surface area (Å²) in [5.41, 5.74) is 2.61. The van der Waals surface area contributed by atoms with Crippen molar-refractivity contribution >= 4 is 22.8 Å². The Hall–Kier alpha value is -3.60. The average Bonchev–Trinajstić information content (AvgIpc) is 3.19. The minimum absolute atomic E-state index is 0.0594. The molecule has 37 heavy (non-hydrogen) atoms. The Labute approximate surface area is 210 Å². The first-order chi connectivity index (χ1) is 17.7. The number of hydrogen-bond acceptors (Lipinski definition) is 6. The van der Waals surface area contributed by atoms with Crippen LogP contribution in [0.4, 0.5) is 29.3 Å². The van der Waals surface area contributed by atoms with E-state index in [0.717, 1.165) is 44.0 Å². The zero-order valence-corrected chi connectivity index (χ0v) is 20.4. The first-order valence-electron chi connectivity index (χ1n) is 12.3. The molecule has 0 atom stereocenters.